The molecular formula is C26H21F4N7O. The Kier molecular flexibility index (Phi) is 6.77. The fraction of sp³-hybridized carbons (Fsp3) is 0.154. The van der Waals surface area contributed by atoms with Gasteiger partial charge in [-0.15, -0.1) is 0 Å². The van der Waals surface area contributed by atoms with Gasteiger partial charge in [-0.2, -0.15) is 18.3 Å². The van der Waals surface area contributed by atoms with Crippen LogP contribution in [0.2, 0.25) is 0 Å². The van der Waals surface area contributed by atoms with Crippen LogP contribution < -0.4 is 15.4 Å². The molecule has 5 rings (SSSR count). The van der Waals surface area contributed by atoms with Gasteiger partial charge in [0, 0.05) is 30.7 Å². The number of nitrogens with zero attached hydrogens (tertiary/aromatic N) is 5. The van der Waals surface area contributed by atoms with Crippen LogP contribution in [-0.2, 0) is 12.6 Å². The minimum Gasteiger partial charge on any atom is -0.481 e. The van der Waals surface area contributed by atoms with E-state index < -0.39 is 23.4 Å². The molecule has 0 amide bonds. The Bertz CT molecular complexity index is 1570. The predicted molar refractivity (Wildman–Crippen MR) is 134 cm³/mol. The Balaban J connectivity index is 1.22. The van der Waals surface area contributed by atoms with Gasteiger partial charge in [0.05, 0.1) is 36.4 Å². The van der Waals surface area contributed by atoms with Crippen molar-refractivity contribution in [2.45, 2.75) is 12.6 Å². The van der Waals surface area contributed by atoms with E-state index in [0.717, 1.165) is 24.4 Å². The zero-order chi connectivity index (χ0) is 26.7. The minimum absolute atomic E-state index is 0.158. The first-order valence-electron chi connectivity index (χ1n) is 11.5. The number of fused-ring (bicyclic) bond motifs is 1. The van der Waals surface area contributed by atoms with Crippen molar-refractivity contribution in [3.8, 4) is 17.0 Å². The van der Waals surface area contributed by atoms with Gasteiger partial charge in [-0.1, -0.05) is 18.2 Å². The molecule has 4 heterocycles. The number of rotatable bonds is 8. The highest BCUT2D eigenvalue weighted by Crippen LogP contribution is 2.36. The molecule has 0 aliphatic heterocycles. The summed E-state index contributed by atoms with van der Waals surface area (Å²) in [5.74, 6) is -0.577. The Hall–Kier alpha value is -4.74. The van der Waals surface area contributed by atoms with Gasteiger partial charge in [0.1, 0.15) is 11.4 Å². The van der Waals surface area contributed by atoms with E-state index >= 15 is 0 Å². The van der Waals surface area contributed by atoms with Crippen molar-refractivity contribution in [3.63, 3.8) is 0 Å². The average Bonchev–Trinajstić information content (AvgIpc) is 3.32. The number of aromatic nitrogens is 5. The second-order valence-electron chi connectivity index (χ2n) is 8.27. The van der Waals surface area contributed by atoms with E-state index in [1.165, 1.54) is 12.3 Å². The maximum Gasteiger partial charge on any atom is 0.421 e. The Labute approximate surface area is 214 Å². The zero-order valence-electron chi connectivity index (χ0n) is 20.0. The first kappa shape index (κ1) is 24.9. The summed E-state index contributed by atoms with van der Waals surface area (Å²) >= 11 is 0. The van der Waals surface area contributed by atoms with Crippen LogP contribution in [0.5, 0.6) is 5.88 Å². The molecule has 5 aromatic rings. The summed E-state index contributed by atoms with van der Waals surface area (Å²) in [4.78, 5) is 12.3. The van der Waals surface area contributed by atoms with Crippen molar-refractivity contribution in [2.75, 3.05) is 24.3 Å². The lowest BCUT2D eigenvalue weighted by Gasteiger charge is -2.13. The highest BCUT2D eigenvalue weighted by atomic mass is 19.4. The summed E-state index contributed by atoms with van der Waals surface area (Å²) in [6, 6.07) is 11.4. The normalized spacial score (nSPS) is 11.5. The third-order valence-electron chi connectivity index (χ3n) is 5.78. The number of hydrogen-bond acceptors (Lipinski definition) is 7. The van der Waals surface area contributed by atoms with Gasteiger partial charge in [-0.25, -0.2) is 23.9 Å². The van der Waals surface area contributed by atoms with Crippen molar-refractivity contribution in [2.24, 2.45) is 0 Å². The maximum atomic E-state index is 14.8. The number of nitrogens with one attached hydrogen (secondary N) is 2. The molecule has 0 unspecified atom stereocenters. The quantitative estimate of drug-likeness (QED) is 0.250. The number of anilines is 3. The molecule has 2 N–H and O–H groups in total. The van der Waals surface area contributed by atoms with Crippen LogP contribution in [0.25, 0.3) is 16.6 Å². The first-order valence-corrected chi connectivity index (χ1v) is 11.5. The molecule has 1 aromatic carbocycles. The predicted octanol–water partition coefficient (Wildman–Crippen LogP) is 5.75. The number of pyridine rings is 2. The summed E-state index contributed by atoms with van der Waals surface area (Å²) in [6.07, 6.45) is 3.57. The number of benzene rings is 1. The summed E-state index contributed by atoms with van der Waals surface area (Å²) in [6.45, 7) is 0.203. The van der Waals surface area contributed by atoms with Crippen molar-refractivity contribution in [1.29, 1.82) is 0 Å². The molecule has 0 radical (unpaired) electrons. The Morgan fingerprint density at radius 2 is 1.76 bits per heavy atom. The molecule has 0 fully saturated rings. The second kappa shape index (κ2) is 10.3. The van der Waals surface area contributed by atoms with Crippen LogP contribution in [-0.4, -0.2) is 38.2 Å². The van der Waals surface area contributed by atoms with Gasteiger partial charge in [-0.05, 0) is 41.8 Å². The minimum atomic E-state index is -4.61. The smallest absolute Gasteiger partial charge is 0.421 e. The van der Waals surface area contributed by atoms with Gasteiger partial charge in [-0.3, -0.25) is 0 Å². The number of hydrogen-bond donors (Lipinski definition) is 2. The maximum absolute atomic E-state index is 14.8. The molecule has 0 aliphatic rings. The SMILES string of the molecule is COc1ncc(NCCc2ccc(-c3cnc(Nc4cnn5ccccc45)nc3)cc2F)cc1C(F)(F)F. The van der Waals surface area contributed by atoms with Crippen molar-refractivity contribution in [3.05, 3.63) is 90.4 Å². The molecule has 8 nitrogen and oxygen atoms in total. The first-order chi connectivity index (χ1) is 18.3. The summed E-state index contributed by atoms with van der Waals surface area (Å²) < 4.78 is 60.8. The molecule has 0 spiro atoms. The number of alkyl halides is 3. The van der Waals surface area contributed by atoms with Crippen LogP contribution in [0.15, 0.2) is 73.4 Å². The van der Waals surface area contributed by atoms with Crippen molar-refractivity contribution < 1.29 is 22.3 Å². The summed E-state index contributed by atoms with van der Waals surface area (Å²) in [5.41, 5.74) is 2.43. The lowest BCUT2D eigenvalue weighted by molar-refractivity contribution is -0.139. The summed E-state index contributed by atoms with van der Waals surface area (Å²) in [7, 11) is 1.12. The Morgan fingerprint density at radius 3 is 2.50 bits per heavy atom. The van der Waals surface area contributed by atoms with Crippen molar-refractivity contribution in [1.82, 2.24) is 24.6 Å². The molecule has 0 bridgehead atoms. The standard InChI is InChI=1S/C26H21F4N7O/c1-38-24-20(26(28,29)30)11-19(14-32-24)31-8-7-16-5-6-17(10-21(16)27)18-12-33-25(34-13-18)36-22-15-35-37-9-3-2-4-23(22)37/h2-6,9-15,31H,7-8H2,1H3,(H,33,34,36). The van der Waals surface area contributed by atoms with E-state index in [-0.39, 0.29) is 18.7 Å². The number of halogens is 4. The van der Waals surface area contributed by atoms with Crippen LogP contribution in [0.1, 0.15) is 11.1 Å². The fourth-order valence-electron chi connectivity index (χ4n) is 3.88. The van der Waals surface area contributed by atoms with E-state index in [1.807, 2.05) is 24.4 Å². The van der Waals surface area contributed by atoms with Gasteiger partial charge in [0.25, 0.3) is 0 Å². The molecule has 0 saturated heterocycles. The molecular weight excluding hydrogens is 502 g/mol. The zero-order valence-corrected chi connectivity index (χ0v) is 20.0. The fourth-order valence-corrected chi connectivity index (χ4v) is 3.88. The number of methoxy groups -OCH3 is 1. The average molecular weight is 523 g/mol. The molecule has 4 aromatic heterocycles. The van der Waals surface area contributed by atoms with Crippen LogP contribution >= 0.6 is 0 Å². The van der Waals surface area contributed by atoms with E-state index in [0.29, 0.717) is 22.6 Å². The summed E-state index contributed by atoms with van der Waals surface area (Å²) in [5, 5.41) is 10.2. The third-order valence-corrected chi connectivity index (χ3v) is 5.78. The van der Waals surface area contributed by atoms with Gasteiger partial charge >= 0.3 is 6.18 Å². The van der Waals surface area contributed by atoms with E-state index in [4.69, 9.17) is 0 Å². The highest BCUT2D eigenvalue weighted by molar-refractivity contribution is 5.74. The largest absolute Gasteiger partial charge is 0.481 e. The van der Waals surface area contributed by atoms with Crippen LogP contribution in [0.3, 0.4) is 0 Å². The van der Waals surface area contributed by atoms with Crippen molar-refractivity contribution >= 4 is 22.8 Å². The molecule has 0 saturated carbocycles. The van der Waals surface area contributed by atoms with Crippen LogP contribution in [0.4, 0.5) is 34.9 Å². The topological polar surface area (TPSA) is 89.3 Å². The monoisotopic (exact) mass is 523 g/mol. The molecule has 0 atom stereocenters. The van der Waals surface area contributed by atoms with E-state index in [9.17, 15) is 17.6 Å². The molecule has 38 heavy (non-hydrogen) atoms. The van der Waals surface area contributed by atoms with Gasteiger partial charge < -0.3 is 15.4 Å². The highest BCUT2D eigenvalue weighted by Gasteiger charge is 2.35. The molecule has 12 heteroatoms. The number of ether oxygens (including phenoxy) is 1. The van der Waals surface area contributed by atoms with E-state index in [2.05, 4.69) is 35.4 Å². The third kappa shape index (κ3) is 5.33. The van der Waals surface area contributed by atoms with Gasteiger partial charge in [0.15, 0.2) is 0 Å². The molecule has 0 aliphatic carbocycles. The van der Waals surface area contributed by atoms with Crippen LogP contribution in [0, 0.1) is 5.82 Å². The van der Waals surface area contributed by atoms with E-state index in [1.54, 1.807) is 35.2 Å². The Morgan fingerprint density at radius 1 is 0.947 bits per heavy atom. The molecule has 194 valence electrons. The van der Waals surface area contributed by atoms with Gasteiger partial charge in [0.2, 0.25) is 11.8 Å². The lowest BCUT2D eigenvalue weighted by atomic mass is 10.0. The second-order valence-corrected chi connectivity index (χ2v) is 8.27. The lowest BCUT2D eigenvalue weighted by Crippen LogP contribution is -2.11.